The number of carbonyl (C=O) groups excluding carboxylic acids is 1. The van der Waals surface area contributed by atoms with E-state index in [-0.39, 0.29) is 17.9 Å². The van der Waals surface area contributed by atoms with E-state index >= 15 is 0 Å². The SMILES string of the molecule is CCNC(=O)NC[C@@H]1c2cc(OC)c(OC)cc2CCN1Cc1cccc(F)c1. The molecular weight excluding hydrogens is 373 g/mol. The van der Waals surface area contributed by atoms with E-state index < -0.39 is 0 Å². The van der Waals surface area contributed by atoms with E-state index in [1.165, 1.54) is 11.6 Å². The molecule has 1 atom stereocenters. The van der Waals surface area contributed by atoms with Crippen LogP contribution in [0.2, 0.25) is 0 Å². The van der Waals surface area contributed by atoms with Crippen molar-refractivity contribution < 1.29 is 18.7 Å². The Hall–Kier alpha value is -2.80. The third kappa shape index (κ3) is 4.98. The highest BCUT2D eigenvalue weighted by molar-refractivity contribution is 5.73. The van der Waals surface area contributed by atoms with Crippen molar-refractivity contribution in [1.82, 2.24) is 15.5 Å². The molecule has 2 N–H and O–H groups in total. The Morgan fingerprint density at radius 1 is 1.17 bits per heavy atom. The summed E-state index contributed by atoms with van der Waals surface area (Å²) in [6.45, 7) is 4.26. The van der Waals surface area contributed by atoms with Gasteiger partial charge in [-0.1, -0.05) is 12.1 Å². The second-order valence-corrected chi connectivity index (χ2v) is 7.01. The van der Waals surface area contributed by atoms with Crippen molar-refractivity contribution in [2.24, 2.45) is 0 Å². The molecule has 1 heterocycles. The number of ether oxygens (including phenoxy) is 2. The Morgan fingerprint density at radius 2 is 1.93 bits per heavy atom. The standard InChI is InChI=1S/C22H28FN3O3/c1-4-24-22(27)25-13-19-18-12-21(29-3)20(28-2)11-16(18)8-9-26(19)14-15-6-5-7-17(23)10-15/h5-7,10-12,19H,4,8-9,13-14H2,1-3H3,(H2,24,25,27)/t19-/m1/s1. The van der Waals surface area contributed by atoms with Crippen LogP contribution in [0.15, 0.2) is 36.4 Å². The maximum absolute atomic E-state index is 13.7. The molecule has 0 unspecified atom stereocenters. The molecule has 2 amide bonds. The molecule has 7 heteroatoms. The highest BCUT2D eigenvalue weighted by atomic mass is 19.1. The van der Waals surface area contributed by atoms with E-state index in [0.717, 1.165) is 24.1 Å². The van der Waals surface area contributed by atoms with Gasteiger partial charge < -0.3 is 20.1 Å². The molecule has 1 aliphatic heterocycles. The lowest BCUT2D eigenvalue weighted by molar-refractivity contribution is 0.170. The van der Waals surface area contributed by atoms with Gasteiger partial charge in [-0.25, -0.2) is 9.18 Å². The van der Waals surface area contributed by atoms with Gasteiger partial charge in [0.2, 0.25) is 0 Å². The van der Waals surface area contributed by atoms with Gasteiger partial charge in [-0.15, -0.1) is 0 Å². The molecule has 29 heavy (non-hydrogen) atoms. The van der Waals surface area contributed by atoms with Crippen LogP contribution in [0.3, 0.4) is 0 Å². The van der Waals surface area contributed by atoms with Crippen LogP contribution >= 0.6 is 0 Å². The minimum Gasteiger partial charge on any atom is -0.493 e. The fourth-order valence-electron chi connectivity index (χ4n) is 3.79. The quantitative estimate of drug-likeness (QED) is 0.748. The molecule has 6 nitrogen and oxygen atoms in total. The van der Waals surface area contributed by atoms with Crippen molar-refractivity contribution in [2.75, 3.05) is 33.9 Å². The number of halogens is 1. The van der Waals surface area contributed by atoms with Crippen LogP contribution < -0.4 is 20.1 Å². The summed E-state index contributed by atoms with van der Waals surface area (Å²) in [6, 6.07) is 10.4. The number of methoxy groups -OCH3 is 2. The van der Waals surface area contributed by atoms with Crippen molar-refractivity contribution >= 4 is 6.03 Å². The first-order chi connectivity index (χ1) is 14.0. The van der Waals surface area contributed by atoms with Crippen molar-refractivity contribution in [3.63, 3.8) is 0 Å². The first-order valence-corrected chi connectivity index (χ1v) is 9.80. The number of rotatable bonds is 7. The van der Waals surface area contributed by atoms with E-state index in [1.807, 2.05) is 25.1 Å². The smallest absolute Gasteiger partial charge is 0.314 e. The predicted molar refractivity (Wildman–Crippen MR) is 110 cm³/mol. The predicted octanol–water partition coefficient (Wildman–Crippen LogP) is 3.26. The summed E-state index contributed by atoms with van der Waals surface area (Å²) in [4.78, 5) is 14.3. The maximum atomic E-state index is 13.7. The fraction of sp³-hybridized carbons (Fsp3) is 0.409. The monoisotopic (exact) mass is 401 g/mol. The summed E-state index contributed by atoms with van der Waals surface area (Å²) >= 11 is 0. The van der Waals surface area contributed by atoms with Gasteiger partial charge in [0, 0.05) is 26.2 Å². The van der Waals surface area contributed by atoms with Crippen LogP contribution in [0.1, 0.15) is 29.7 Å². The molecule has 0 saturated heterocycles. The molecule has 2 aromatic carbocycles. The zero-order valence-electron chi connectivity index (χ0n) is 17.1. The van der Waals surface area contributed by atoms with E-state index in [4.69, 9.17) is 9.47 Å². The van der Waals surface area contributed by atoms with Crippen molar-refractivity contribution in [2.45, 2.75) is 25.9 Å². The highest BCUT2D eigenvalue weighted by Gasteiger charge is 2.29. The van der Waals surface area contributed by atoms with Gasteiger partial charge in [-0.3, -0.25) is 4.90 Å². The fourth-order valence-corrected chi connectivity index (χ4v) is 3.79. The summed E-state index contributed by atoms with van der Waals surface area (Å²) in [7, 11) is 3.23. The summed E-state index contributed by atoms with van der Waals surface area (Å²) in [5.41, 5.74) is 3.15. The van der Waals surface area contributed by atoms with E-state index in [2.05, 4.69) is 15.5 Å². The molecule has 0 radical (unpaired) electrons. The van der Waals surface area contributed by atoms with Crippen molar-refractivity contribution in [1.29, 1.82) is 0 Å². The van der Waals surface area contributed by atoms with Crippen LogP contribution in [0, 0.1) is 5.82 Å². The number of nitrogens with one attached hydrogen (secondary N) is 2. The largest absolute Gasteiger partial charge is 0.493 e. The minimum atomic E-state index is -0.247. The Bertz CT molecular complexity index is 859. The van der Waals surface area contributed by atoms with Crippen LogP contribution in [-0.4, -0.2) is 44.8 Å². The zero-order valence-corrected chi connectivity index (χ0v) is 17.1. The third-order valence-electron chi connectivity index (χ3n) is 5.18. The number of hydrogen-bond donors (Lipinski definition) is 2. The first kappa shape index (κ1) is 20.9. The second kappa shape index (κ2) is 9.60. The van der Waals surface area contributed by atoms with Crippen molar-refractivity contribution in [3.8, 4) is 11.5 Å². The molecule has 156 valence electrons. The van der Waals surface area contributed by atoms with Gasteiger partial charge >= 0.3 is 6.03 Å². The van der Waals surface area contributed by atoms with Gasteiger partial charge in [-0.05, 0) is 54.3 Å². The number of benzene rings is 2. The average Bonchev–Trinajstić information content (AvgIpc) is 2.72. The van der Waals surface area contributed by atoms with Crippen LogP contribution in [0.25, 0.3) is 0 Å². The third-order valence-corrected chi connectivity index (χ3v) is 5.18. The average molecular weight is 401 g/mol. The van der Waals surface area contributed by atoms with E-state index in [1.54, 1.807) is 26.4 Å². The summed E-state index contributed by atoms with van der Waals surface area (Å²) in [6.07, 6.45) is 0.836. The second-order valence-electron chi connectivity index (χ2n) is 7.01. The Labute approximate surface area is 171 Å². The molecule has 0 aromatic heterocycles. The number of fused-ring (bicyclic) bond motifs is 1. The van der Waals surface area contributed by atoms with Gasteiger partial charge in [0.05, 0.1) is 20.3 Å². The van der Waals surface area contributed by atoms with Crippen molar-refractivity contribution in [3.05, 3.63) is 58.9 Å². The molecule has 0 fully saturated rings. The molecule has 2 aromatic rings. The molecule has 0 aliphatic carbocycles. The Morgan fingerprint density at radius 3 is 2.62 bits per heavy atom. The topological polar surface area (TPSA) is 62.8 Å². The van der Waals surface area contributed by atoms with Gasteiger partial charge in [0.1, 0.15) is 5.82 Å². The van der Waals surface area contributed by atoms with E-state index in [9.17, 15) is 9.18 Å². The molecular formula is C22H28FN3O3. The summed E-state index contributed by atoms with van der Waals surface area (Å²) in [5, 5.41) is 5.71. The first-order valence-electron chi connectivity index (χ1n) is 9.80. The lowest BCUT2D eigenvalue weighted by Gasteiger charge is -2.38. The van der Waals surface area contributed by atoms with Crippen LogP contribution in [0.5, 0.6) is 11.5 Å². The number of urea groups is 1. The summed E-state index contributed by atoms with van der Waals surface area (Å²) < 4.78 is 24.6. The number of hydrogen-bond acceptors (Lipinski definition) is 4. The Kier molecular flexibility index (Phi) is 6.93. The molecule has 0 saturated carbocycles. The highest BCUT2D eigenvalue weighted by Crippen LogP contribution is 2.38. The van der Waals surface area contributed by atoms with Crippen LogP contribution in [-0.2, 0) is 13.0 Å². The maximum Gasteiger partial charge on any atom is 0.314 e. The van der Waals surface area contributed by atoms with Gasteiger partial charge in [-0.2, -0.15) is 0 Å². The normalized spacial score (nSPS) is 16.1. The molecule has 1 aliphatic rings. The number of carbonyl (C=O) groups is 1. The summed E-state index contributed by atoms with van der Waals surface area (Å²) in [5.74, 6) is 1.10. The van der Waals surface area contributed by atoms with Crippen LogP contribution in [0.4, 0.5) is 9.18 Å². The van der Waals surface area contributed by atoms with E-state index in [0.29, 0.717) is 31.1 Å². The Balaban J connectivity index is 1.91. The molecule has 3 rings (SSSR count). The molecule has 0 bridgehead atoms. The number of nitrogens with zero attached hydrogens (tertiary/aromatic N) is 1. The number of amides is 2. The van der Waals surface area contributed by atoms with Gasteiger partial charge in [0.15, 0.2) is 11.5 Å². The van der Waals surface area contributed by atoms with Gasteiger partial charge in [0.25, 0.3) is 0 Å². The zero-order chi connectivity index (χ0) is 20.8. The lowest BCUT2D eigenvalue weighted by Crippen LogP contribution is -2.44. The minimum absolute atomic E-state index is 0.0653. The lowest BCUT2D eigenvalue weighted by atomic mass is 9.91. The molecule has 0 spiro atoms.